The summed E-state index contributed by atoms with van der Waals surface area (Å²) in [6, 6.07) is 5.95. The van der Waals surface area contributed by atoms with E-state index in [1.54, 1.807) is 6.20 Å². The highest BCUT2D eigenvalue weighted by Crippen LogP contribution is 2.33. The molecular formula is C14H9ClN4S3. The van der Waals surface area contributed by atoms with Crippen LogP contribution in [0, 0.1) is 18.3 Å². The van der Waals surface area contributed by atoms with E-state index >= 15 is 0 Å². The SMILES string of the molecule is Cc1csc(/C(C#N)=C/Nc2nc(-c3ccc(Cl)s3)cs2)n1. The summed E-state index contributed by atoms with van der Waals surface area (Å²) in [6.45, 7) is 1.90. The molecule has 0 atom stereocenters. The number of hydrogen-bond donors (Lipinski definition) is 1. The summed E-state index contributed by atoms with van der Waals surface area (Å²) in [6.07, 6.45) is 1.64. The van der Waals surface area contributed by atoms with Crippen molar-refractivity contribution < 1.29 is 0 Å². The average molecular weight is 365 g/mol. The molecule has 0 bridgehead atoms. The Hall–Kier alpha value is -1.72. The van der Waals surface area contributed by atoms with E-state index in [-0.39, 0.29) is 0 Å². The first-order chi connectivity index (χ1) is 10.7. The van der Waals surface area contributed by atoms with Gasteiger partial charge < -0.3 is 5.32 Å². The Labute approximate surface area is 144 Å². The van der Waals surface area contributed by atoms with E-state index in [4.69, 9.17) is 11.6 Å². The summed E-state index contributed by atoms with van der Waals surface area (Å²) in [4.78, 5) is 9.82. The Morgan fingerprint density at radius 2 is 2.18 bits per heavy atom. The van der Waals surface area contributed by atoms with Gasteiger partial charge in [-0.25, -0.2) is 9.97 Å². The number of allylic oxidation sites excluding steroid dienone is 1. The van der Waals surface area contributed by atoms with Gasteiger partial charge in [0.2, 0.25) is 0 Å². The van der Waals surface area contributed by atoms with Crippen molar-refractivity contribution in [3.8, 4) is 16.6 Å². The van der Waals surface area contributed by atoms with E-state index < -0.39 is 0 Å². The van der Waals surface area contributed by atoms with Crippen molar-refractivity contribution in [1.82, 2.24) is 9.97 Å². The van der Waals surface area contributed by atoms with Crippen LogP contribution in [0.5, 0.6) is 0 Å². The van der Waals surface area contributed by atoms with Gasteiger partial charge in [0, 0.05) is 22.7 Å². The predicted octanol–water partition coefficient (Wildman–Crippen LogP) is 5.27. The number of hydrogen-bond acceptors (Lipinski definition) is 7. The van der Waals surface area contributed by atoms with Crippen molar-refractivity contribution in [2.75, 3.05) is 5.32 Å². The number of nitriles is 1. The molecule has 3 heterocycles. The average Bonchev–Trinajstić information content (AvgIpc) is 3.21. The molecule has 4 nitrogen and oxygen atoms in total. The van der Waals surface area contributed by atoms with E-state index in [1.165, 1.54) is 34.0 Å². The maximum absolute atomic E-state index is 9.23. The summed E-state index contributed by atoms with van der Waals surface area (Å²) in [5.74, 6) is 0. The van der Waals surface area contributed by atoms with Gasteiger partial charge >= 0.3 is 0 Å². The van der Waals surface area contributed by atoms with Crippen LogP contribution in [0.3, 0.4) is 0 Å². The molecule has 3 aromatic heterocycles. The van der Waals surface area contributed by atoms with Crippen molar-refractivity contribution in [3.63, 3.8) is 0 Å². The van der Waals surface area contributed by atoms with Crippen LogP contribution in [0.15, 0.2) is 29.1 Å². The smallest absolute Gasteiger partial charge is 0.187 e. The van der Waals surface area contributed by atoms with Crippen molar-refractivity contribution in [2.24, 2.45) is 0 Å². The largest absolute Gasteiger partial charge is 0.337 e. The number of nitrogens with one attached hydrogen (secondary N) is 1. The highest BCUT2D eigenvalue weighted by atomic mass is 35.5. The first-order valence-corrected chi connectivity index (χ1v) is 9.11. The molecule has 0 aromatic carbocycles. The van der Waals surface area contributed by atoms with Gasteiger partial charge in [-0.2, -0.15) is 5.26 Å². The Morgan fingerprint density at radius 1 is 1.32 bits per heavy atom. The summed E-state index contributed by atoms with van der Waals surface area (Å²) in [7, 11) is 0. The van der Waals surface area contributed by atoms with Gasteiger partial charge in [-0.3, -0.25) is 0 Å². The molecular weight excluding hydrogens is 356 g/mol. The monoisotopic (exact) mass is 364 g/mol. The van der Waals surface area contributed by atoms with Crippen molar-refractivity contribution in [1.29, 1.82) is 5.26 Å². The molecule has 0 amide bonds. The highest BCUT2D eigenvalue weighted by Gasteiger charge is 2.08. The highest BCUT2D eigenvalue weighted by molar-refractivity contribution is 7.20. The fourth-order valence-corrected chi connectivity index (χ4v) is 4.18. The van der Waals surface area contributed by atoms with E-state index in [1.807, 2.05) is 29.8 Å². The molecule has 0 saturated heterocycles. The molecule has 110 valence electrons. The maximum atomic E-state index is 9.23. The van der Waals surface area contributed by atoms with E-state index in [9.17, 15) is 5.26 Å². The third kappa shape index (κ3) is 3.36. The lowest BCUT2D eigenvalue weighted by Gasteiger charge is -1.95. The lowest BCUT2D eigenvalue weighted by atomic mass is 10.3. The number of thiazole rings is 2. The number of aromatic nitrogens is 2. The van der Waals surface area contributed by atoms with Crippen LogP contribution in [0.4, 0.5) is 5.13 Å². The quantitative estimate of drug-likeness (QED) is 0.641. The molecule has 0 radical (unpaired) electrons. The molecule has 1 N–H and O–H groups in total. The van der Waals surface area contributed by atoms with Gasteiger partial charge in [0.15, 0.2) is 5.13 Å². The van der Waals surface area contributed by atoms with Crippen LogP contribution >= 0.6 is 45.6 Å². The van der Waals surface area contributed by atoms with Crippen LogP contribution in [-0.4, -0.2) is 9.97 Å². The third-order valence-corrected chi connectivity index (χ3v) is 5.66. The number of aryl methyl sites for hydroxylation is 1. The number of nitrogens with zero attached hydrogens (tertiary/aromatic N) is 3. The van der Waals surface area contributed by atoms with Gasteiger partial charge in [-0.1, -0.05) is 11.6 Å². The lowest BCUT2D eigenvalue weighted by Crippen LogP contribution is -1.90. The predicted molar refractivity (Wildman–Crippen MR) is 94.5 cm³/mol. The second kappa shape index (κ2) is 6.58. The molecule has 0 fully saturated rings. The van der Waals surface area contributed by atoms with Gasteiger partial charge in [0.25, 0.3) is 0 Å². The van der Waals surface area contributed by atoms with Crippen LogP contribution in [0.1, 0.15) is 10.7 Å². The normalized spacial score (nSPS) is 11.4. The summed E-state index contributed by atoms with van der Waals surface area (Å²) < 4.78 is 0.739. The number of rotatable bonds is 4. The second-order valence-electron chi connectivity index (χ2n) is 4.25. The molecule has 0 aliphatic heterocycles. The minimum Gasteiger partial charge on any atom is -0.337 e. The van der Waals surface area contributed by atoms with Crippen molar-refractivity contribution >= 4 is 56.3 Å². The third-order valence-electron chi connectivity index (χ3n) is 2.64. The topological polar surface area (TPSA) is 61.6 Å². The second-order valence-corrected chi connectivity index (χ2v) is 7.68. The maximum Gasteiger partial charge on any atom is 0.187 e. The Balaban J connectivity index is 1.77. The molecule has 0 unspecified atom stereocenters. The zero-order chi connectivity index (χ0) is 15.5. The molecule has 3 aromatic rings. The van der Waals surface area contributed by atoms with Crippen LogP contribution in [-0.2, 0) is 0 Å². The molecule has 0 saturated carbocycles. The minimum absolute atomic E-state index is 0.494. The van der Waals surface area contributed by atoms with Gasteiger partial charge in [-0.05, 0) is 19.1 Å². The first-order valence-electron chi connectivity index (χ1n) is 6.16. The fourth-order valence-electron chi connectivity index (χ4n) is 1.66. The standard InChI is InChI=1S/C14H9ClN4S3/c1-8-6-20-13(18-8)9(4-16)5-17-14-19-10(7-21-14)11-2-3-12(15)22-11/h2-3,5-7H,1H3,(H,17,19)/b9-5+. The summed E-state index contributed by atoms with van der Waals surface area (Å²) in [5, 5.41) is 17.6. The van der Waals surface area contributed by atoms with Crippen LogP contribution in [0.2, 0.25) is 4.34 Å². The van der Waals surface area contributed by atoms with E-state index in [0.29, 0.717) is 10.6 Å². The Kier molecular flexibility index (Phi) is 4.55. The lowest BCUT2D eigenvalue weighted by molar-refractivity contribution is 1.24. The molecule has 22 heavy (non-hydrogen) atoms. The zero-order valence-corrected chi connectivity index (χ0v) is 14.5. The zero-order valence-electron chi connectivity index (χ0n) is 11.3. The number of halogens is 1. The minimum atomic E-state index is 0.494. The Morgan fingerprint density at radius 3 is 2.82 bits per heavy atom. The van der Waals surface area contributed by atoms with Crippen LogP contribution < -0.4 is 5.32 Å². The summed E-state index contributed by atoms with van der Waals surface area (Å²) >= 11 is 10.4. The van der Waals surface area contributed by atoms with Gasteiger partial charge in [0.05, 0.1) is 14.9 Å². The number of anilines is 1. The molecule has 3 rings (SSSR count). The van der Waals surface area contributed by atoms with Gasteiger partial charge in [0.1, 0.15) is 16.6 Å². The van der Waals surface area contributed by atoms with Crippen molar-refractivity contribution in [2.45, 2.75) is 6.92 Å². The number of thiophene rings is 1. The molecule has 0 spiro atoms. The van der Waals surface area contributed by atoms with Crippen LogP contribution in [0.25, 0.3) is 16.1 Å². The van der Waals surface area contributed by atoms with E-state index in [2.05, 4.69) is 21.4 Å². The van der Waals surface area contributed by atoms with Crippen molar-refractivity contribution in [3.05, 3.63) is 44.1 Å². The molecule has 8 heteroatoms. The molecule has 0 aliphatic carbocycles. The van der Waals surface area contributed by atoms with Gasteiger partial charge in [-0.15, -0.1) is 34.0 Å². The fraction of sp³-hybridized carbons (Fsp3) is 0.0714. The summed E-state index contributed by atoms with van der Waals surface area (Å²) in [5.41, 5.74) is 2.28. The first kappa shape index (κ1) is 15.2. The Bertz CT molecular complexity index is 869. The van der Waals surface area contributed by atoms with E-state index in [0.717, 1.165) is 25.7 Å². The molecule has 0 aliphatic rings.